The molecule has 2 heterocycles. The lowest BCUT2D eigenvalue weighted by Gasteiger charge is -2.52. The smallest absolute Gasteiger partial charge is 0.321 e. The van der Waals surface area contributed by atoms with Crippen molar-refractivity contribution in [2.75, 3.05) is 18.4 Å². The lowest BCUT2D eigenvalue weighted by molar-refractivity contribution is 0.0295. The van der Waals surface area contributed by atoms with E-state index in [-0.39, 0.29) is 11.8 Å². The van der Waals surface area contributed by atoms with Gasteiger partial charge in [0.2, 0.25) is 0 Å². The Hall–Kier alpha value is -2.95. The second-order valence-corrected chi connectivity index (χ2v) is 8.95. The van der Waals surface area contributed by atoms with E-state index in [0.717, 1.165) is 55.4 Å². The maximum absolute atomic E-state index is 13.8. The van der Waals surface area contributed by atoms with Crippen LogP contribution in [-0.4, -0.2) is 29.0 Å². The highest BCUT2D eigenvalue weighted by molar-refractivity contribution is 5.89. The van der Waals surface area contributed by atoms with Gasteiger partial charge in [-0.3, -0.25) is 4.98 Å². The molecule has 3 aromatic rings. The predicted molar refractivity (Wildman–Crippen MR) is 117 cm³/mol. The second-order valence-electron chi connectivity index (χ2n) is 8.95. The van der Waals surface area contributed by atoms with E-state index in [4.69, 9.17) is 0 Å². The summed E-state index contributed by atoms with van der Waals surface area (Å²) in [4.78, 5) is 18.9. The maximum Gasteiger partial charge on any atom is 0.321 e. The summed E-state index contributed by atoms with van der Waals surface area (Å²) >= 11 is 0. The van der Waals surface area contributed by atoms with Crippen LogP contribution in [0, 0.1) is 18.2 Å². The number of piperidine rings is 1. The number of aryl methyl sites for hydroxylation is 1. The topological polar surface area (TPSA) is 45.2 Å². The molecule has 154 valence electrons. The Balaban J connectivity index is 1.21. The van der Waals surface area contributed by atoms with Gasteiger partial charge in [0.05, 0.1) is 5.52 Å². The molecule has 0 atom stereocenters. The van der Waals surface area contributed by atoms with E-state index in [2.05, 4.69) is 10.3 Å². The van der Waals surface area contributed by atoms with Gasteiger partial charge in [0, 0.05) is 30.4 Å². The highest BCUT2D eigenvalue weighted by Crippen LogP contribution is 2.57. The molecule has 2 amide bonds. The van der Waals surface area contributed by atoms with Crippen molar-refractivity contribution in [1.29, 1.82) is 0 Å². The van der Waals surface area contributed by atoms with Crippen LogP contribution in [0.1, 0.15) is 42.7 Å². The number of nitrogens with one attached hydrogen (secondary N) is 1. The van der Waals surface area contributed by atoms with Gasteiger partial charge in [0.1, 0.15) is 5.82 Å². The molecule has 0 bridgehead atoms. The Labute approximate surface area is 176 Å². The molecule has 0 radical (unpaired) electrons. The molecule has 5 rings (SSSR count). The summed E-state index contributed by atoms with van der Waals surface area (Å²) in [5.41, 5.74) is 4.40. The van der Waals surface area contributed by atoms with Gasteiger partial charge in [-0.2, -0.15) is 0 Å². The third-order valence-electron chi connectivity index (χ3n) is 6.95. The first-order valence-electron chi connectivity index (χ1n) is 10.7. The van der Waals surface area contributed by atoms with Crippen molar-refractivity contribution in [3.8, 4) is 0 Å². The monoisotopic (exact) mass is 403 g/mol. The van der Waals surface area contributed by atoms with Crippen molar-refractivity contribution in [1.82, 2.24) is 9.88 Å². The lowest BCUT2D eigenvalue weighted by atomic mass is 9.56. The number of rotatable bonds is 2. The number of carbonyl (C=O) groups excluding carboxylic acids is 1. The average molecular weight is 404 g/mol. The minimum Gasteiger partial charge on any atom is -0.324 e. The highest BCUT2D eigenvalue weighted by atomic mass is 19.1. The molecule has 1 N–H and O–H groups in total. The number of amides is 2. The largest absolute Gasteiger partial charge is 0.324 e. The second kappa shape index (κ2) is 7.38. The number of nitrogens with zero attached hydrogens (tertiary/aromatic N) is 2. The number of halogens is 1. The van der Waals surface area contributed by atoms with Gasteiger partial charge < -0.3 is 10.2 Å². The van der Waals surface area contributed by atoms with Crippen LogP contribution in [0.4, 0.5) is 14.9 Å². The van der Waals surface area contributed by atoms with Crippen LogP contribution < -0.4 is 5.32 Å². The summed E-state index contributed by atoms with van der Waals surface area (Å²) in [5.74, 6) is 0.240. The summed E-state index contributed by atoms with van der Waals surface area (Å²) < 4.78 is 13.8. The third kappa shape index (κ3) is 3.53. The molecule has 1 aliphatic carbocycles. The van der Waals surface area contributed by atoms with Crippen LogP contribution in [-0.2, 0) is 0 Å². The van der Waals surface area contributed by atoms with Crippen molar-refractivity contribution < 1.29 is 9.18 Å². The van der Waals surface area contributed by atoms with E-state index in [0.29, 0.717) is 11.3 Å². The number of likely N-dealkylation sites (tertiary alicyclic amines) is 1. The zero-order valence-electron chi connectivity index (χ0n) is 17.2. The van der Waals surface area contributed by atoms with Crippen molar-refractivity contribution in [2.24, 2.45) is 5.41 Å². The zero-order chi connectivity index (χ0) is 20.7. The van der Waals surface area contributed by atoms with Gasteiger partial charge in [-0.05, 0) is 85.9 Å². The number of aromatic nitrogens is 1. The molecule has 1 aliphatic heterocycles. The summed E-state index contributed by atoms with van der Waals surface area (Å²) in [5, 5.41) is 3.94. The molecule has 4 nitrogen and oxygen atoms in total. The van der Waals surface area contributed by atoms with Gasteiger partial charge in [-0.1, -0.05) is 17.7 Å². The Morgan fingerprint density at radius 3 is 2.57 bits per heavy atom. The molecule has 2 aromatic carbocycles. The lowest BCUT2D eigenvalue weighted by Crippen LogP contribution is -2.49. The predicted octanol–water partition coefficient (Wildman–Crippen LogP) is 5.87. The number of hydrogen-bond acceptors (Lipinski definition) is 2. The first-order valence-corrected chi connectivity index (χ1v) is 10.7. The number of hydrogen-bond donors (Lipinski definition) is 1. The van der Waals surface area contributed by atoms with Crippen molar-refractivity contribution in [3.05, 3.63) is 71.7 Å². The Morgan fingerprint density at radius 1 is 1.10 bits per heavy atom. The summed E-state index contributed by atoms with van der Waals surface area (Å²) in [6.45, 7) is 3.61. The molecule has 2 fully saturated rings. The quantitative estimate of drug-likeness (QED) is 0.581. The first-order chi connectivity index (χ1) is 14.5. The van der Waals surface area contributed by atoms with E-state index in [1.54, 1.807) is 12.1 Å². The molecule has 1 aromatic heterocycles. The third-order valence-corrected chi connectivity index (χ3v) is 6.95. The minimum atomic E-state index is -0.210. The van der Waals surface area contributed by atoms with Crippen LogP contribution >= 0.6 is 0 Å². The van der Waals surface area contributed by atoms with Crippen LogP contribution in [0.25, 0.3) is 10.9 Å². The molecule has 1 saturated heterocycles. The van der Waals surface area contributed by atoms with Crippen molar-refractivity contribution in [2.45, 2.75) is 38.5 Å². The fraction of sp³-hybridized carbons (Fsp3) is 0.360. The van der Waals surface area contributed by atoms with Crippen LogP contribution in [0.3, 0.4) is 0 Å². The van der Waals surface area contributed by atoms with Gasteiger partial charge >= 0.3 is 6.03 Å². The normalized spacial score (nSPS) is 18.4. The fourth-order valence-corrected chi connectivity index (χ4v) is 5.13. The molecule has 1 saturated carbocycles. The number of carbonyl (C=O) groups is 1. The molecule has 1 spiro atoms. The molecular weight excluding hydrogens is 377 g/mol. The summed E-state index contributed by atoms with van der Waals surface area (Å²) in [6, 6.07) is 14.8. The van der Waals surface area contributed by atoms with E-state index < -0.39 is 0 Å². The number of fused-ring (bicyclic) bond motifs is 1. The number of pyridine rings is 1. The van der Waals surface area contributed by atoms with Gasteiger partial charge in [-0.15, -0.1) is 0 Å². The average Bonchev–Trinajstić information content (AvgIpc) is 2.73. The number of benzene rings is 2. The summed E-state index contributed by atoms with van der Waals surface area (Å²) in [7, 11) is 0. The SMILES string of the molecule is Cc1ccc(NC(=O)N2CCC3(CC2)CC(c2ccnc4ccc(F)cc24)C3)cc1. The Morgan fingerprint density at radius 2 is 1.83 bits per heavy atom. The van der Waals surface area contributed by atoms with E-state index in [1.807, 2.05) is 48.4 Å². The molecule has 0 unspecified atom stereocenters. The van der Waals surface area contributed by atoms with Crippen molar-refractivity contribution in [3.63, 3.8) is 0 Å². The minimum absolute atomic E-state index is 0.0137. The molecule has 30 heavy (non-hydrogen) atoms. The molecule has 2 aliphatic rings. The van der Waals surface area contributed by atoms with E-state index in [9.17, 15) is 9.18 Å². The Bertz CT molecular complexity index is 1080. The highest BCUT2D eigenvalue weighted by Gasteiger charge is 2.47. The van der Waals surface area contributed by atoms with Gasteiger partial charge in [0.25, 0.3) is 0 Å². The fourth-order valence-electron chi connectivity index (χ4n) is 5.13. The van der Waals surface area contributed by atoms with E-state index in [1.165, 1.54) is 17.2 Å². The first kappa shape index (κ1) is 19.0. The van der Waals surface area contributed by atoms with E-state index >= 15 is 0 Å². The van der Waals surface area contributed by atoms with Crippen molar-refractivity contribution >= 4 is 22.6 Å². The maximum atomic E-state index is 13.8. The Kier molecular flexibility index (Phi) is 4.69. The van der Waals surface area contributed by atoms with Crippen LogP contribution in [0.5, 0.6) is 0 Å². The zero-order valence-corrected chi connectivity index (χ0v) is 17.2. The summed E-state index contributed by atoms with van der Waals surface area (Å²) in [6.07, 6.45) is 6.11. The number of urea groups is 1. The number of anilines is 1. The standard InChI is InChI=1S/C25H26FN3O/c1-17-2-5-20(6-3-17)28-24(30)29-12-9-25(10-13-29)15-18(16-25)21-8-11-27-23-7-4-19(26)14-22(21)23/h2-8,11,14,18H,9-10,12-13,15-16H2,1H3,(H,28,30). The van der Waals surface area contributed by atoms with Crippen LogP contribution in [0.15, 0.2) is 54.7 Å². The van der Waals surface area contributed by atoms with Crippen LogP contribution in [0.2, 0.25) is 0 Å². The van der Waals surface area contributed by atoms with Gasteiger partial charge in [-0.25, -0.2) is 9.18 Å². The van der Waals surface area contributed by atoms with Gasteiger partial charge in [0.15, 0.2) is 0 Å². The molecule has 5 heteroatoms. The molecular formula is C25H26FN3O.